The highest BCUT2D eigenvalue weighted by atomic mass is 16.2. The molecule has 0 aliphatic carbocycles. The lowest BCUT2D eigenvalue weighted by Crippen LogP contribution is -2.56. The lowest BCUT2D eigenvalue weighted by atomic mass is 10.0. The smallest absolute Gasteiger partial charge is 0.237 e. The van der Waals surface area contributed by atoms with Crippen molar-refractivity contribution in [2.75, 3.05) is 19.6 Å². The van der Waals surface area contributed by atoms with E-state index in [1.807, 2.05) is 43.0 Å². The number of benzene rings is 1. The fourth-order valence-electron chi connectivity index (χ4n) is 2.55. The Balaban J connectivity index is 2.10. The number of carbonyl (C=O) groups is 2. The molecule has 1 atom stereocenters. The summed E-state index contributed by atoms with van der Waals surface area (Å²) in [4.78, 5) is 26.1. The van der Waals surface area contributed by atoms with Gasteiger partial charge in [0.1, 0.15) is 0 Å². The van der Waals surface area contributed by atoms with Crippen LogP contribution in [0.1, 0.15) is 29.3 Å². The van der Waals surface area contributed by atoms with Crippen LogP contribution in [0.2, 0.25) is 0 Å². The van der Waals surface area contributed by atoms with E-state index in [4.69, 9.17) is 0 Å². The van der Waals surface area contributed by atoms with E-state index in [1.54, 1.807) is 0 Å². The first kappa shape index (κ1) is 13.7. The van der Waals surface area contributed by atoms with E-state index < -0.39 is 0 Å². The average molecular weight is 260 g/mol. The summed E-state index contributed by atoms with van der Waals surface area (Å²) in [7, 11) is 0. The van der Waals surface area contributed by atoms with Crippen LogP contribution in [0.25, 0.3) is 0 Å². The molecule has 4 nitrogen and oxygen atoms in total. The minimum Gasteiger partial charge on any atom is -0.353 e. The number of piperazine rings is 1. The van der Waals surface area contributed by atoms with Gasteiger partial charge >= 0.3 is 0 Å². The summed E-state index contributed by atoms with van der Waals surface area (Å²) < 4.78 is 0. The summed E-state index contributed by atoms with van der Waals surface area (Å²) >= 11 is 0. The molecule has 1 aromatic rings. The van der Waals surface area contributed by atoms with Crippen LogP contribution in [0, 0.1) is 6.92 Å². The second-order valence-corrected chi connectivity index (χ2v) is 4.92. The molecule has 2 rings (SSSR count). The van der Waals surface area contributed by atoms with Gasteiger partial charge in [0.2, 0.25) is 5.91 Å². The van der Waals surface area contributed by atoms with E-state index in [1.165, 1.54) is 0 Å². The van der Waals surface area contributed by atoms with E-state index in [-0.39, 0.29) is 17.7 Å². The van der Waals surface area contributed by atoms with E-state index in [9.17, 15) is 9.59 Å². The minimum atomic E-state index is -0.179. The van der Waals surface area contributed by atoms with Crippen LogP contribution in [-0.4, -0.2) is 42.3 Å². The number of amides is 1. The monoisotopic (exact) mass is 260 g/mol. The topological polar surface area (TPSA) is 49.4 Å². The van der Waals surface area contributed by atoms with Crippen molar-refractivity contribution >= 4 is 11.7 Å². The molecule has 0 aromatic heterocycles. The zero-order valence-electron chi connectivity index (χ0n) is 11.5. The number of ketones is 1. The van der Waals surface area contributed by atoms with Gasteiger partial charge < -0.3 is 5.32 Å². The molecule has 0 bridgehead atoms. The van der Waals surface area contributed by atoms with Crippen molar-refractivity contribution in [2.24, 2.45) is 0 Å². The highest BCUT2D eigenvalue weighted by molar-refractivity contribution is 5.99. The number of hydrogen-bond acceptors (Lipinski definition) is 3. The number of hydrogen-bond donors (Lipinski definition) is 1. The van der Waals surface area contributed by atoms with Crippen molar-refractivity contribution in [2.45, 2.75) is 26.3 Å². The molecule has 1 N–H and O–H groups in total. The molecule has 1 saturated heterocycles. The molecule has 1 unspecified atom stereocenters. The molecule has 1 heterocycles. The van der Waals surface area contributed by atoms with Gasteiger partial charge in [0.15, 0.2) is 5.78 Å². The maximum atomic E-state index is 12.3. The quantitative estimate of drug-likeness (QED) is 0.832. The largest absolute Gasteiger partial charge is 0.353 e. The fourth-order valence-corrected chi connectivity index (χ4v) is 2.55. The number of nitrogens with one attached hydrogen (secondary N) is 1. The maximum Gasteiger partial charge on any atom is 0.237 e. The second kappa shape index (κ2) is 5.97. The Labute approximate surface area is 113 Å². The molecule has 0 spiro atoms. The van der Waals surface area contributed by atoms with Crippen LogP contribution in [0.15, 0.2) is 24.3 Å². The highest BCUT2D eigenvalue weighted by Gasteiger charge is 2.29. The standard InChI is InChI=1S/C15H20N2O2/c1-3-13-15(19)16-8-9-17(13)10-14(18)12-7-5-4-6-11(12)2/h4-7,13H,3,8-10H2,1-2H3,(H,16,19). The Morgan fingerprint density at radius 1 is 1.42 bits per heavy atom. The third-order valence-electron chi connectivity index (χ3n) is 3.62. The number of Topliss-reactive ketones (excluding diaryl/α,β-unsaturated/α-hetero) is 1. The summed E-state index contributed by atoms with van der Waals surface area (Å²) in [6.07, 6.45) is 0.729. The molecule has 19 heavy (non-hydrogen) atoms. The van der Waals surface area contributed by atoms with Gasteiger partial charge in [-0.15, -0.1) is 0 Å². The number of nitrogens with zero attached hydrogens (tertiary/aromatic N) is 1. The lowest BCUT2D eigenvalue weighted by Gasteiger charge is -2.33. The van der Waals surface area contributed by atoms with Gasteiger partial charge in [0.05, 0.1) is 12.6 Å². The first-order valence-electron chi connectivity index (χ1n) is 6.74. The normalized spacial score (nSPS) is 20.1. The maximum absolute atomic E-state index is 12.3. The predicted molar refractivity (Wildman–Crippen MR) is 74.2 cm³/mol. The van der Waals surface area contributed by atoms with E-state index >= 15 is 0 Å². The predicted octanol–water partition coefficient (Wildman–Crippen LogP) is 1.39. The Hall–Kier alpha value is -1.68. The van der Waals surface area contributed by atoms with E-state index in [2.05, 4.69) is 5.32 Å². The molecule has 1 amide bonds. The highest BCUT2D eigenvalue weighted by Crippen LogP contribution is 2.13. The van der Waals surface area contributed by atoms with Crippen LogP contribution in [0.4, 0.5) is 0 Å². The summed E-state index contributed by atoms with van der Waals surface area (Å²) in [5, 5.41) is 2.85. The van der Waals surface area contributed by atoms with Gasteiger partial charge in [-0.3, -0.25) is 14.5 Å². The molecule has 1 fully saturated rings. The molecule has 0 radical (unpaired) electrons. The molecule has 102 valence electrons. The van der Waals surface area contributed by atoms with Crippen molar-refractivity contribution in [3.05, 3.63) is 35.4 Å². The van der Waals surface area contributed by atoms with Crippen molar-refractivity contribution < 1.29 is 9.59 Å². The Morgan fingerprint density at radius 2 is 2.16 bits per heavy atom. The van der Waals surface area contributed by atoms with E-state index in [0.29, 0.717) is 13.1 Å². The average Bonchev–Trinajstić information content (AvgIpc) is 2.39. The van der Waals surface area contributed by atoms with Gasteiger partial charge in [-0.2, -0.15) is 0 Å². The molecule has 1 aliphatic heterocycles. The summed E-state index contributed by atoms with van der Waals surface area (Å²) in [6, 6.07) is 7.41. The molecule has 0 saturated carbocycles. The molecular weight excluding hydrogens is 240 g/mol. The van der Waals surface area contributed by atoms with Crippen LogP contribution in [0.3, 0.4) is 0 Å². The van der Waals surface area contributed by atoms with Crippen LogP contribution >= 0.6 is 0 Å². The van der Waals surface area contributed by atoms with Crippen molar-refractivity contribution in [1.82, 2.24) is 10.2 Å². The minimum absolute atomic E-state index is 0.0336. The number of rotatable bonds is 4. The Bertz CT molecular complexity index is 485. The third kappa shape index (κ3) is 3.01. The Morgan fingerprint density at radius 3 is 2.84 bits per heavy atom. The first-order valence-corrected chi connectivity index (χ1v) is 6.74. The summed E-state index contributed by atoms with van der Waals surface area (Å²) in [5.74, 6) is 0.123. The van der Waals surface area contributed by atoms with Crippen molar-refractivity contribution in [3.63, 3.8) is 0 Å². The van der Waals surface area contributed by atoms with Crippen molar-refractivity contribution in [1.29, 1.82) is 0 Å². The molecule has 4 heteroatoms. The number of carbonyl (C=O) groups excluding carboxylic acids is 2. The summed E-state index contributed by atoms with van der Waals surface area (Å²) in [5.41, 5.74) is 1.74. The molecular formula is C15H20N2O2. The summed E-state index contributed by atoms with van der Waals surface area (Å²) in [6.45, 7) is 5.59. The van der Waals surface area contributed by atoms with Gasteiger partial charge in [-0.05, 0) is 18.9 Å². The molecule has 1 aliphatic rings. The first-order chi connectivity index (χ1) is 9.13. The van der Waals surface area contributed by atoms with Gasteiger partial charge in [0, 0.05) is 18.7 Å². The zero-order valence-corrected chi connectivity index (χ0v) is 11.5. The third-order valence-corrected chi connectivity index (χ3v) is 3.62. The van der Waals surface area contributed by atoms with Crippen LogP contribution < -0.4 is 5.32 Å². The lowest BCUT2D eigenvalue weighted by molar-refractivity contribution is -0.128. The van der Waals surface area contributed by atoms with Gasteiger partial charge in [0.25, 0.3) is 0 Å². The second-order valence-electron chi connectivity index (χ2n) is 4.92. The van der Waals surface area contributed by atoms with Crippen LogP contribution in [0.5, 0.6) is 0 Å². The molecule has 1 aromatic carbocycles. The number of aryl methyl sites for hydroxylation is 1. The van der Waals surface area contributed by atoms with Gasteiger partial charge in [-0.1, -0.05) is 31.2 Å². The van der Waals surface area contributed by atoms with Gasteiger partial charge in [-0.25, -0.2) is 0 Å². The Kier molecular flexibility index (Phi) is 4.32. The van der Waals surface area contributed by atoms with E-state index in [0.717, 1.165) is 24.1 Å². The fraction of sp³-hybridized carbons (Fsp3) is 0.467. The zero-order chi connectivity index (χ0) is 13.8. The van der Waals surface area contributed by atoms with Crippen LogP contribution in [-0.2, 0) is 4.79 Å². The SMILES string of the molecule is CCC1C(=O)NCCN1CC(=O)c1ccccc1C. The van der Waals surface area contributed by atoms with Crippen molar-refractivity contribution in [3.8, 4) is 0 Å².